The van der Waals surface area contributed by atoms with Crippen molar-refractivity contribution in [2.24, 2.45) is 7.05 Å². The Kier molecular flexibility index (Phi) is 7.41. The highest BCUT2D eigenvalue weighted by atomic mass is 16.6. The molecule has 1 rings (SSSR count). The number of nitrogens with one attached hydrogen (secondary N) is 3. The van der Waals surface area contributed by atoms with Crippen LogP contribution < -0.4 is 16.0 Å². The van der Waals surface area contributed by atoms with Crippen LogP contribution in [0.3, 0.4) is 0 Å². The van der Waals surface area contributed by atoms with E-state index < -0.39 is 17.2 Å². The Balaban J connectivity index is 2.66. The van der Waals surface area contributed by atoms with E-state index in [-0.39, 0.29) is 18.6 Å². The summed E-state index contributed by atoms with van der Waals surface area (Å²) in [4.78, 5) is 24.4. The lowest BCUT2D eigenvalue weighted by Gasteiger charge is -2.34. The fourth-order valence-electron chi connectivity index (χ4n) is 2.50. The van der Waals surface area contributed by atoms with Gasteiger partial charge in [0.15, 0.2) is 5.82 Å². The molecule has 9 heteroatoms. The maximum atomic E-state index is 12.4. The number of nitrogens with zero attached hydrogens (tertiary/aromatic N) is 3. The molecule has 0 fully saturated rings. The molecule has 1 aromatic heterocycles. The quantitative estimate of drug-likeness (QED) is 0.684. The van der Waals surface area contributed by atoms with Crippen molar-refractivity contribution in [2.45, 2.75) is 71.6 Å². The average molecular weight is 368 g/mol. The first-order chi connectivity index (χ1) is 12.0. The van der Waals surface area contributed by atoms with Crippen molar-refractivity contribution in [3.05, 3.63) is 12.2 Å². The fourth-order valence-corrected chi connectivity index (χ4v) is 2.50. The molecule has 1 heterocycles. The molecule has 9 nitrogen and oxygen atoms in total. The topological polar surface area (TPSA) is 110 Å². The van der Waals surface area contributed by atoms with Crippen LogP contribution in [0, 0.1) is 0 Å². The molecular formula is C17H32N6O3. The molecule has 0 spiro atoms. The smallest absolute Gasteiger partial charge is 0.407 e. The van der Waals surface area contributed by atoms with E-state index in [0.717, 1.165) is 0 Å². The number of carbonyl (C=O) groups excluding carboxylic acids is 2. The molecule has 0 saturated carbocycles. The largest absolute Gasteiger partial charge is 0.444 e. The van der Waals surface area contributed by atoms with Gasteiger partial charge in [0.1, 0.15) is 11.9 Å². The van der Waals surface area contributed by atoms with Gasteiger partial charge in [-0.1, -0.05) is 13.8 Å². The minimum absolute atomic E-state index is 0.278. The van der Waals surface area contributed by atoms with Crippen molar-refractivity contribution in [3.8, 4) is 0 Å². The second-order valence-electron chi connectivity index (χ2n) is 7.46. The van der Waals surface area contributed by atoms with Crippen LogP contribution in [0.2, 0.25) is 0 Å². The molecule has 26 heavy (non-hydrogen) atoms. The summed E-state index contributed by atoms with van der Waals surface area (Å²) < 4.78 is 7.01. The second kappa shape index (κ2) is 8.86. The molecule has 0 aliphatic rings. The van der Waals surface area contributed by atoms with Gasteiger partial charge in [-0.3, -0.25) is 0 Å². The Hall–Kier alpha value is -2.32. The number of ether oxygens (including phenoxy) is 1. The first-order valence-corrected chi connectivity index (χ1v) is 8.91. The summed E-state index contributed by atoms with van der Waals surface area (Å²) in [6.07, 6.45) is 2.40. The number of aryl methyl sites for hydroxylation is 1. The maximum Gasteiger partial charge on any atom is 0.407 e. The van der Waals surface area contributed by atoms with Crippen molar-refractivity contribution in [3.63, 3.8) is 0 Å². The van der Waals surface area contributed by atoms with Crippen LogP contribution in [0.1, 0.15) is 66.3 Å². The standard InChI is InChI=1S/C17H32N6O3/c1-8-17(9-2,10-18-15(25)26-16(4,5)6)21-14(24)20-12(3)13-22-19-11-23(13)7/h11-12H,8-10H2,1-7H3,(H,18,25)(H2,20,21,24)/t12-/m0/s1. The Morgan fingerprint density at radius 3 is 2.35 bits per heavy atom. The molecule has 0 bridgehead atoms. The van der Waals surface area contributed by atoms with E-state index >= 15 is 0 Å². The van der Waals surface area contributed by atoms with E-state index in [1.54, 1.807) is 31.7 Å². The molecule has 0 aliphatic heterocycles. The molecule has 0 unspecified atom stereocenters. The molecule has 1 atom stereocenters. The molecule has 148 valence electrons. The van der Waals surface area contributed by atoms with E-state index in [1.165, 1.54) is 0 Å². The first kappa shape index (κ1) is 21.7. The van der Waals surface area contributed by atoms with Gasteiger partial charge in [0.25, 0.3) is 0 Å². The van der Waals surface area contributed by atoms with Gasteiger partial charge in [-0.25, -0.2) is 9.59 Å². The fraction of sp³-hybridized carbons (Fsp3) is 0.765. The Bertz CT molecular complexity index is 604. The highest BCUT2D eigenvalue weighted by Crippen LogP contribution is 2.15. The zero-order valence-electron chi connectivity index (χ0n) is 16.8. The van der Waals surface area contributed by atoms with Gasteiger partial charge in [-0.2, -0.15) is 0 Å². The average Bonchev–Trinajstić information content (AvgIpc) is 2.96. The lowest BCUT2D eigenvalue weighted by atomic mass is 9.93. The molecule has 0 aromatic carbocycles. The van der Waals surface area contributed by atoms with Gasteiger partial charge in [-0.15, -0.1) is 10.2 Å². The zero-order chi connectivity index (χ0) is 20.0. The van der Waals surface area contributed by atoms with Gasteiger partial charge in [0.2, 0.25) is 0 Å². The van der Waals surface area contributed by atoms with Crippen molar-refractivity contribution < 1.29 is 14.3 Å². The monoisotopic (exact) mass is 368 g/mol. The molecular weight excluding hydrogens is 336 g/mol. The van der Waals surface area contributed by atoms with E-state index in [9.17, 15) is 9.59 Å². The third kappa shape index (κ3) is 6.53. The molecule has 0 radical (unpaired) electrons. The highest BCUT2D eigenvalue weighted by Gasteiger charge is 2.30. The van der Waals surface area contributed by atoms with E-state index in [1.807, 2.05) is 27.8 Å². The predicted molar refractivity (Wildman–Crippen MR) is 98.6 cm³/mol. The summed E-state index contributed by atoms with van der Waals surface area (Å²) in [6, 6.07) is -0.622. The summed E-state index contributed by atoms with van der Waals surface area (Å²) in [5.74, 6) is 0.658. The molecule has 3 amide bonds. The van der Waals surface area contributed by atoms with Gasteiger partial charge in [-0.05, 0) is 40.5 Å². The normalized spacial score (nSPS) is 13.0. The lowest BCUT2D eigenvalue weighted by Crippen LogP contribution is -2.57. The number of aromatic nitrogens is 3. The number of amides is 3. The summed E-state index contributed by atoms with van der Waals surface area (Å²) >= 11 is 0. The highest BCUT2D eigenvalue weighted by molar-refractivity contribution is 5.75. The van der Waals surface area contributed by atoms with Gasteiger partial charge < -0.3 is 25.3 Å². The van der Waals surface area contributed by atoms with Crippen molar-refractivity contribution in [1.29, 1.82) is 0 Å². The molecule has 1 aromatic rings. The van der Waals surface area contributed by atoms with Gasteiger partial charge >= 0.3 is 12.1 Å². The zero-order valence-corrected chi connectivity index (χ0v) is 16.8. The number of hydrogen-bond acceptors (Lipinski definition) is 5. The van der Waals surface area contributed by atoms with Crippen molar-refractivity contribution >= 4 is 12.1 Å². The molecule has 0 aliphatic carbocycles. The van der Waals surface area contributed by atoms with E-state index in [4.69, 9.17) is 4.74 Å². The third-order valence-corrected chi connectivity index (χ3v) is 4.18. The summed E-state index contributed by atoms with van der Waals surface area (Å²) in [5, 5.41) is 16.4. The molecule has 0 saturated heterocycles. The summed E-state index contributed by atoms with van der Waals surface area (Å²) in [5.41, 5.74) is -1.14. The minimum Gasteiger partial charge on any atom is -0.444 e. The SMILES string of the molecule is CCC(CC)(CNC(=O)OC(C)(C)C)NC(=O)N[C@@H](C)c1nncn1C. The number of hydrogen-bond donors (Lipinski definition) is 3. The van der Waals surface area contributed by atoms with Crippen molar-refractivity contribution in [2.75, 3.05) is 6.54 Å². The van der Waals surface area contributed by atoms with Crippen LogP contribution in [0.4, 0.5) is 9.59 Å². The van der Waals surface area contributed by atoms with Crippen LogP contribution in [-0.4, -0.2) is 44.6 Å². The lowest BCUT2D eigenvalue weighted by molar-refractivity contribution is 0.0508. The van der Waals surface area contributed by atoms with Crippen molar-refractivity contribution in [1.82, 2.24) is 30.7 Å². The first-order valence-electron chi connectivity index (χ1n) is 8.91. The summed E-state index contributed by atoms with van der Waals surface area (Å²) in [7, 11) is 1.82. The molecule has 3 N–H and O–H groups in total. The number of alkyl carbamates (subject to hydrolysis) is 1. The van der Waals surface area contributed by atoms with Gasteiger partial charge in [0.05, 0.1) is 11.6 Å². The van der Waals surface area contributed by atoms with Crippen LogP contribution in [0.5, 0.6) is 0 Å². The van der Waals surface area contributed by atoms with E-state index in [0.29, 0.717) is 18.7 Å². The number of carbonyl (C=O) groups is 2. The summed E-state index contributed by atoms with van der Waals surface area (Å²) in [6.45, 7) is 11.5. The Labute approximate surface area is 155 Å². The predicted octanol–water partition coefficient (Wildman–Crippen LogP) is 2.26. The number of urea groups is 1. The van der Waals surface area contributed by atoms with Gasteiger partial charge in [0, 0.05) is 13.6 Å². The third-order valence-electron chi connectivity index (χ3n) is 4.18. The van der Waals surface area contributed by atoms with E-state index in [2.05, 4.69) is 26.1 Å². The van der Waals surface area contributed by atoms with Crippen LogP contribution in [-0.2, 0) is 11.8 Å². The minimum atomic E-state index is -0.569. The van der Waals surface area contributed by atoms with Crippen LogP contribution >= 0.6 is 0 Å². The second-order valence-corrected chi connectivity index (χ2v) is 7.46. The Morgan fingerprint density at radius 2 is 1.88 bits per heavy atom. The number of rotatable bonds is 7. The van der Waals surface area contributed by atoms with Crippen LogP contribution in [0.15, 0.2) is 6.33 Å². The Morgan fingerprint density at radius 1 is 1.27 bits per heavy atom. The van der Waals surface area contributed by atoms with Crippen LogP contribution in [0.25, 0.3) is 0 Å². The maximum absolute atomic E-state index is 12.4.